The second kappa shape index (κ2) is 7.85. The van der Waals surface area contributed by atoms with Gasteiger partial charge in [-0.15, -0.1) is 5.10 Å². The summed E-state index contributed by atoms with van der Waals surface area (Å²) in [6, 6.07) is 13.9. The first-order valence-corrected chi connectivity index (χ1v) is 12.0. The smallest absolute Gasteiger partial charge is 0.219 e. The van der Waals surface area contributed by atoms with E-state index in [1.165, 1.54) is 11.8 Å². The maximum absolute atomic E-state index is 12.8. The van der Waals surface area contributed by atoms with E-state index < -0.39 is 9.84 Å². The van der Waals surface area contributed by atoms with Crippen molar-refractivity contribution in [3.63, 3.8) is 0 Å². The Hall–Kier alpha value is -2.71. The van der Waals surface area contributed by atoms with Crippen molar-refractivity contribution < 1.29 is 8.42 Å². The molecular weight excluding hydrogens is 416 g/mol. The Kier molecular flexibility index (Phi) is 5.38. The molecule has 4 aromatic rings. The van der Waals surface area contributed by atoms with E-state index in [0.717, 1.165) is 28.1 Å². The lowest BCUT2D eigenvalue weighted by molar-refractivity contribution is 0.596. The van der Waals surface area contributed by atoms with Gasteiger partial charge in [0, 0.05) is 17.1 Å². The summed E-state index contributed by atoms with van der Waals surface area (Å²) in [5.41, 5.74) is 5.11. The Morgan fingerprint density at radius 3 is 2.10 bits per heavy atom. The molecule has 0 aliphatic carbocycles. The molecule has 154 valence electrons. The van der Waals surface area contributed by atoms with Crippen LogP contribution < -0.4 is 0 Å². The summed E-state index contributed by atoms with van der Waals surface area (Å²) in [5, 5.41) is 5.19. The highest BCUT2D eigenvalue weighted by Gasteiger charge is 2.17. The average Bonchev–Trinajstić information content (AvgIpc) is 3.14. The van der Waals surface area contributed by atoms with Gasteiger partial charge in [-0.1, -0.05) is 41.6 Å². The molecule has 0 aliphatic rings. The summed E-state index contributed by atoms with van der Waals surface area (Å²) < 4.78 is 27.3. The van der Waals surface area contributed by atoms with Crippen molar-refractivity contribution in [2.24, 2.45) is 0 Å². The fraction of sp³-hybridized carbons (Fsp3) is 0.227. The van der Waals surface area contributed by atoms with Gasteiger partial charge < -0.3 is 0 Å². The number of fused-ring (bicyclic) bond motifs is 1. The van der Waals surface area contributed by atoms with Gasteiger partial charge in [0.2, 0.25) is 15.0 Å². The number of hydrogen-bond acceptors (Lipinski definition) is 6. The molecule has 0 spiro atoms. The first-order valence-electron chi connectivity index (χ1n) is 9.50. The van der Waals surface area contributed by atoms with Gasteiger partial charge >= 0.3 is 0 Å². The first-order chi connectivity index (χ1) is 14.3. The molecule has 8 heteroatoms. The molecule has 6 nitrogen and oxygen atoms in total. The van der Waals surface area contributed by atoms with Gasteiger partial charge in [-0.2, -0.15) is 4.98 Å². The van der Waals surface area contributed by atoms with Crippen LogP contribution in [0.15, 0.2) is 63.5 Å². The van der Waals surface area contributed by atoms with Crippen molar-refractivity contribution in [2.45, 2.75) is 48.4 Å². The van der Waals surface area contributed by atoms with Crippen molar-refractivity contribution in [2.75, 3.05) is 0 Å². The van der Waals surface area contributed by atoms with Crippen molar-refractivity contribution in [3.05, 3.63) is 76.6 Å². The Morgan fingerprint density at radius 2 is 1.47 bits per heavy atom. The molecular formula is C22H22N4O2S2. The maximum atomic E-state index is 12.8. The summed E-state index contributed by atoms with van der Waals surface area (Å²) in [4.78, 5) is 9.59. The predicted molar refractivity (Wildman–Crippen MR) is 118 cm³/mol. The number of rotatable bonds is 5. The number of hydrogen-bond donors (Lipinski definition) is 0. The zero-order valence-corrected chi connectivity index (χ0v) is 18.9. The van der Waals surface area contributed by atoms with Gasteiger partial charge in [0.15, 0.2) is 0 Å². The lowest BCUT2D eigenvalue weighted by Crippen LogP contribution is -2.02. The summed E-state index contributed by atoms with van der Waals surface area (Å²) in [6.45, 7) is 7.93. The molecule has 0 N–H and O–H groups in total. The van der Waals surface area contributed by atoms with E-state index in [0.29, 0.717) is 21.6 Å². The van der Waals surface area contributed by atoms with E-state index in [1.807, 2.05) is 39.8 Å². The molecule has 0 saturated heterocycles. The molecule has 0 unspecified atom stereocenters. The molecule has 0 amide bonds. The van der Waals surface area contributed by atoms with E-state index in [2.05, 4.69) is 15.1 Å². The van der Waals surface area contributed by atoms with Crippen LogP contribution in [0.3, 0.4) is 0 Å². The number of sulfone groups is 1. The van der Waals surface area contributed by atoms with Crippen molar-refractivity contribution in [1.29, 1.82) is 0 Å². The van der Waals surface area contributed by atoms with E-state index in [9.17, 15) is 8.42 Å². The zero-order chi connectivity index (χ0) is 21.5. The number of benzene rings is 2. The summed E-state index contributed by atoms with van der Waals surface area (Å²) in [6.07, 6.45) is 0. The lowest BCUT2D eigenvalue weighted by Gasteiger charge is -2.06. The van der Waals surface area contributed by atoms with Crippen LogP contribution in [0.25, 0.3) is 5.78 Å². The molecule has 30 heavy (non-hydrogen) atoms. The minimum Gasteiger partial charge on any atom is -0.219 e. The lowest BCUT2D eigenvalue weighted by atomic mass is 10.2. The van der Waals surface area contributed by atoms with E-state index in [4.69, 9.17) is 0 Å². The Morgan fingerprint density at radius 1 is 0.867 bits per heavy atom. The number of nitrogens with zero attached hydrogens (tertiary/aromatic N) is 4. The van der Waals surface area contributed by atoms with Crippen LogP contribution >= 0.6 is 11.8 Å². The average molecular weight is 439 g/mol. The van der Waals surface area contributed by atoms with Crippen LogP contribution in [0.4, 0.5) is 0 Å². The summed E-state index contributed by atoms with van der Waals surface area (Å²) >= 11 is 1.50. The molecule has 2 aromatic heterocycles. The first kappa shape index (κ1) is 20.6. The molecule has 0 fully saturated rings. The van der Waals surface area contributed by atoms with Crippen LogP contribution in [0, 0.1) is 27.7 Å². The van der Waals surface area contributed by atoms with Gasteiger partial charge in [0.05, 0.1) is 9.79 Å². The van der Waals surface area contributed by atoms with Gasteiger partial charge in [-0.25, -0.2) is 17.9 Å². The molecule has 2 aromatic carbocycles. The van der Waals surface area contributed by atoms with Crippen LogP contribution in [0.2, 0.25) is 0 Å². The number of thioether (sulfide) groups is 1. The van der Waals surface area contributed by atoms with Gasteiger partial charge in [-0.3, -0.25) is 0 Å². The molecule has 0 aliphatic heterocycles. The summed E-state index contributed by atoms with van der Waals surface area (Å²) in [5.74, 6) is 1.23. The van der Waals surface area contributed by atoms with Gasteiger partial charge in [0.25, 0.3) is 5.78 Å². The van der Waals surface area contributed by atoms with E-state index >= 15 is 0 Å². The van der Waals surface area contributed by atoms with E-state index in [-0.39, 0.29) is 4.90 Å². The van der Waals surface area contributed by atoms with Crippen molar-refractivity contribution >= 4 is 27.4 Å². The third-order valence-corrected chi connectivity index (χ3v) is 7.87. The molecule has 0 atom stereocenters. The molecule has 0 saturated carbocycles. The highest BCUT2D eigenvalue weighted by Crippen LogP contribution is 2.25. The van der Waals surface area contributed by atoms with Crippen LogP contribution in [-0.4, -0.2) is 28.0 Å². The largest absolute Gasteiger partial charge is 0.253 e. The number of aromatic nitrogens is 4. The minimum atomic E-state index is -3.51. The van der Waals surface area contributed by atoms with Crippen molar-refractivity contribution in [1.82, 2.24) is 19.6 Å². The Labute approximate surface area is 180 Å². The fourth-order valence-electron chi connectivity index (χ4n) is 3.06. The molecule has 2 heterocycles. The number of aryl methyl sites for hydroxylation is 3. The van der Waals surface area contributed by atoms with E-state index in [1.54, 1.807) is 40.9 Å². The van der Waals surface area contributed by atoms with Crippen molar-refractivity contribution in [3.8, 4) is 0 Å². The van der Waals surface area contributed by atoms with Crippen LogP contribution in [0.1, 0.15) is 28.1 Å². The van der Waals surface area contributed by atoms with Crippen LogP contribution in [0.5, 0.6) is 0 Å². The zero-order valence-electron chi connectivity index (χ0n) is 17.2. The summed E-state index contributed by atoms with van der Waals surface area (Å²) in [7, 11) is -3.51. The standard InChI is InChI=1S/C22H22N4O2S2/c1-14-5-9-19(10-6-14)30(27,28)20-11-7-18(8-12-20)13-29-22-24-21-23-16(3)15(2)17(4)26(21)25-22/h5-12H,13H2,1-4H3. The second-order valence-electron chi connectivity index (χ2n) is 7.26. The predicted octanol–water partition coefficient (Wildman–Crippen LogP) is 4.48. The fourth-order valence-corrected chi connectivity index (χ4v) is 5.10. The monoisotopic (exact) mass is 438 g/mol. The Balaban J connectivity index is 1.51. The SMILES string of the molecule is Cc1ccc(S(=O)(=O)c2ccc(CSc3nc4nc(C)c(C)c(C)n4n3)cc2)cc1. The second-order valence-corrected chi connectivity index (χ2v) is 10.2. The topological polar surface area (TPSA) is 77.2 Å². The maximum Gasteiger partial charge on any atom is 0.253 e. The molecule has 0 radical (unpaired) electrons. The highest BCUT2D eigenvalue weighted by atomic mass is 32.2. The highest BCUT2D eigenvalue weighted by molar-refractivity contribution is 7.98. The van der Waals surface area contributed by atoms with Crippen LogP contribution in [-0.2, 0) is 15.6 Å². The molecule has 4 rings (SSSR count). The molecule has 0 bridgehead atoms. The van der Waals surface area contributed by atoms with Gasteiger partial charge in [0.1, 0.15) is 0 Å². The quantitative estimate of drug-likeness (QED) is 0.428. The minimum absolute atomic E-state index is 0.289. The third-order valence-electron chi connectivity index (χ3n) is 5.17. The third kappa shape index (κ3) is 3.85. The normalized spacial score (nSPS) is 11.9. The Bertz CT molecular complexity index is 1330. The van der Waals surface area contributed by atoms with Gasteiger partial charge in [-0.05, 0) is 63.1 Å².